The molecule has 142 valence electrons. The summed E-state index contributed by atoms with van der Waals surface area (Å²) in [6, 6.07) is 6.19. The van der Waals surface area contributed by atoms with Gasteiger partial charge >= 0.3 is 5.97 Å². The van der Waals surface area contributed by atoms with Gasteiger partial charge in [0.25, 0.3) is 5.91 Å². The molecule has 1 atom stereocenters. The number of nitrogens with zero attached hydrogens (tertiary/aromatic N) is 3. The molecule has 2 aliphatic heterocycles. The van der Waals surface area contributed by atoms with Gasteiger partial charge in [-0.1, -0.05) is 12.1 Å². The molecular formula is C19H20FN3O4. The van der Waals surface area contributed by atoms with Gasteiger partial charge in [-0.3, -0.25) is 9.59 Å². The van der Waals surface area contributed by atoms with Gasteiger partial charge in [0.15, 0.2) is 5.69 Å². The van der Waals surface area contributed by atoms with Crippen molar-refractivity contribution in [1.82, 2.24) is 14.5 Å². The molecule has 0 saturated carbocycles. The van der Waals surface area contributed by atoms with Crippen LogP contribution in [0, 0.1) is 11.7 Å². The van der Waals surface area contributed by atoms with Crippen molar-refractivity contribution in [3.05, 3.63) is 53.4 Å². The predicted octanol–water partition coefficient (Wildman–Crippen LogP) is 2.23. The van der Waals surface area contributed by atoms with E-state index in [9.17, 15) is 14.0 Å². The Labute approximate surface area is 155 Å². The number of piperidine rings is 1. The Morgan fingerprint density at radius 3 is 2.56 bits per heavy atom. The Hall–Kier alpha value is -2.74. The summed E-state index contributed by atoms with van der Waals surface area (Å²) in [5.41, 5.74) is 1.96. The number of carbonyl (C=O) groups excluding carboxylic acids is 1. The summed E-state index contributed by atoms with van der Waals surface area (Å²) in [6.45, 7) is 1.58. The minimum Gasteiger partial charge on any atom is -0.481 e. The molecule has 0 bridgehead atoms. The highest BCUT2D eigenvalue weighted by Gasteiger charge is 2.32. The molecule has 1 aromatic heterocycles. The van der Waals surface area contributed by atoms with Gasteiger partial charge in [0, 0.05) is 13.1 Å². The first-order valence-electron chi connectivity index (χ1n) is 8.96. The van der Waals surface area contributed by atoms with Crippen LogP contribution in [-0.4, -0.2) is 44.5 Å². The number of hydrogen-bond acceptors (Lipinski definition) is 4. The average molecular weight is 373 g/mol. The van der Waals surface area contributed by atoms with Crippen molar-refractivity contribution in [1.29, 1.82) is 0 Å². The van der Waals surface area contributed by atoms with Crippen molar-refractivity contribution in [3.8, 4) is 0 Å². The van der Waals surface area contributed by atoms with E-state index >= 15 is 0 Å². The zero-order valence-corrected chi connectivity index (χ0v) is 14.7. The normalized spacial score (nSPS) is 20.3. The van der Waals surface area contributed by atoms with E-state index in [1.54, 1.807) is 23.4 Å². The van der Waals surface area contributed by atoms with Crippen molar-refractivity contribution < 1.29 is 23.8 Å². The molecule has 4 rings (SSSR count). The number of aromatic nitrogens is 2. The first kappa shape index (κ1) is 17.7. The Kier molecular flexibility index (Phi) is 4.65. The molecule has 1 saturated heterocycles. The molecule has 0 spiro atoms. The van der Waals surface area contributed by atoms with Gasteiger partial charge in [-0.25, -0.2) is 9.37 Å². The zero-order valence-electron chi connectivity index (χ0n) is 14.7. The van der Waals surface area contributed by atoms with E-state index in [0.717, 1.165) is 11.3 Å². The lowest BCUT2D eigenvalue weighted by atomic mass is 9.97. The number of likely N-dealkylation sites (tertiary alicyclic amines) is 1. The molecule has 2 aromatic rings. The van der Waals surface area contributed by atoms with Gasteiger partial charge < -0.3 is 19.3 Å². The highest BCUT2D eigenvalue weighted by Crippen LogP contribution is 2.29. The van der Waals surface area contributed by atoms with Gasteiger partial charge in [-0.2, -0.15) is 0 Å². The lowest BCUT2D eigenvalue weighted by Gasteiger charge is -2.30. The number of carboxylic acid groups (broad SMARTS) is 1. The van der Waals surface area contributed by atoms with Crippen LogP contribution in [0.4, 0.5) is 4.39 Å². The molecule has 1 N–H and O–H groups in total. The van der Waals surface area contributed by atoms with Crippen molar-refractivity contribution >= 4 is 11.9 Å². The summed E-state index contributed by atoms with van der Waals surface area (Å²) in [5.74, 6) is -1.67. The third kappa shape index (κ3) is 3.44. The molecule has 1 fully saturated rings. The smallest absolute Gasteiger partial charge is 0.306 e. The Morgan fingerprint density at radius 2 is 1.89 bits per heavy atom. The second kappa shape index (κ2) is 7.11. The first-order valence-corrected chi connectivity index (χ1v) is 8.96. The van der Waals surface area contributed by atoms with Gasteiger partial charge in [0.1, 0.15) is 11.9 Å². The topological polar surface area (TPSA) is 84.7 Å². The molecule has 1 amide bonds. The lowest BCUT2D eigenvalue weighted by Crippen LogP contribution is -2.41. The van der Waals surface area contributed by atoms with E-state index in [4.69, 9.17) is 9.84 Å². The number of amides is 1. The largest absolute Gasteiger partial charge is 0.481 e. The summed E-state index contributed by atoms with van der Waals surface area (Å²) in [4.78, 5) is 29.8. The standard InChI is InChI=1S/C19H20FN3O4/c20-14-3-1-12(2-4-14)16-9-23-11-21-17(15(23)10-27-16)18(24)22-7-5-13(6-8-22)19(25)26/h1-4,11,13,16H,5-10H2,(H,25,26)/t16-/m0/s1. The first-order chi connectivity index (χ1) is 13.0. The van der Waals surface area contributed by atoms with E-state index in [1.807, 2.05) is 4.57 Å². The third-order valence-electron chi connectivity index (χ3n) is 5.31. The summed E-state index contributed by atoms with van der Waals surface area (Å²) in [5, 5.41) is 9.08. The van der Waals surface area contributed by atoms with E-state index in [2.05, 4.69) is 4.98 Å². The highest BCUT2D eigenvalue weighted by atomic mass is 19.1. The van der Waals surface area contributed by atoms with E-state index < -0.39 is 5.97 Å². The van der Waals surface area contributed by atoms with Crippen molar-refractivity contribution in [2.24, 2.45) is 5.92 Å². The molecule has 7 nitrogen and oxygen atoms in total. The fourth-order valence-corrected chi connectivity index (χ4v) is 3.66. The zero-order chi connectivity index (χ0) is 19.0. The molecular weight excluding hydrogens is 353 g/mol. The third-order valence-corrected chi connectivity index (χ3v) is 5.31. The molecule has 27 heavy (non-hydrogen) atoms. The lowest BCUT2D eigenvalue weighted by molar-refractivity contribution is -0.143. The van der Waals surface area contributed by atoms with Crippen LogP contribution in [-0.2, 0) is 22.7 Å². The number of benzene rings is 1. The van der Waals surface area contributed by atoms with Crippen LogP contribution < -0.4 is 0 Å². The van der Waals surface area contributed by atoms with Crippen molar-refractivity contribution in [2.45, 2.75) is 32.1 Å². The van der Waals surface area contributed by atoms with E-state index in [0.29, 0.717) is 38.2 Å². The second-order valence-electron chi connectivity index (χ2n) is 6.95. The van der Waals surface area contributed by atoms with Gasteiger partial charge in [-0.15, -0.1) is 0 Å². The Balaban J connectivity index is 1.46. The van der Waals surface area contributed by atoms with Gasteiger partial charge in [-0.05, 0) is 30.5 Å². The molecule has 1 aromatic carbocycles. The number of fused-ring (bicyclic) bond motifs is 1. The molecule has 3 heterocycles. The number of ether oxygens (including phenoxy) is 1. The maximum Gasteiger partial charge on any atom is 0.306 e. The predicted molar refractivity (Wildman–Crippen MR) is 92.4 cm³/mol. The molecule has 0 unspecified atom stereocenters. The number of rotatable bonds is 3. The number of imidazole rings is 1. The summed E-state index contributed by atoms with van der Waals surface area (Å²) >= 11 is 0. The summed E-state index contributed by atoms with van der Waals surface area (Å²) in [7, 11) is 0. The second-order valence-corrected chi connectivity index (χ2v) is 6.95. The van der Waals surface area contributed by atoms with Crippen LogP contribution in [0.1, 0.15) is 40.7 Å². The van der Waals surface area contributed by atoms with E-state index in [-0.39, 0.29) is 30.4 Å². The number of carbonyl (C=O) groups is 2. The minimum absolute atomic E-state index is 0.184. The fraction of sp³-hybridized carbons (Fsp3) is 0.421. The monoisotopic (exact) mass is 373 g/mol. The molecule has 8 heteroatoms. The quantitative estimate of drug-likeness (QED) is 0.892. The number of carboxylic acids is 1. The Bertz CT molecular complexity index is 856. The maximum absolute atomic E-state index is 13.1. The van der Waals surface area contributed by atoms with Gasteiger partial charge in [0.05, 0.1) is 31.1 Å². The van der Waals surface area contributed by atoms with E-state index in [1.165, 1.54) is 12.1 Å². The van der Waals surface area contributed by atoms with Crippen molar-refractivity contribution in [2.75, 3.05) is 13.1 Å². The minimum atomic E-state index is -0.804. The number of halogens is 1. The molecule has 0 aliphatic carbocycles. The summed E-state index contributed by atoms with van der Waals surface area (Å²) in [6.07, 6.45) is 2.33. The van der Waals surface area contributed by atoms with Crippen LogP contribution in [0.5, 0.6) is 0 Å². The average Bonchev–Trinajstić information content (AvgIpc) is 3.11. The fourth-order valence-electron chi connectivity index (χ4n) is 3.66. The van der Waals surface area contributed by atoms with Crippen LogP contribution in [0.15, 0.2) is 30.6 Å². The van der Waals surface area contributed by atoms with Crippen LogP contribution in [0.3, 0.4) is 0 Å². The van der Waals surface area contributed by atoms with Crippen molar-refractivity contribution in [3.63, 3.8) is 0 Å². The van der Waals surface area contributed by atoms with Crippen LogP contribution in [0.2, 0.25) is 0 Å². The van der Waals surface area contributed by atoms with Crippen LogP contribution in [0.25, 0.3) is 0 Å². The van der Waals surface area contributed by atoms with Gasteiger partial charge in [0.2, 0.25) is 0 Å². The molecule has 2 aliphatic rings. The SMILES string of the molecule is O=C(O)C1CCN(C(=O)c2ncn3c2CO[C@H](c2ccc(F)cc2)C3)CC1. The summed E-state index contributed by atoms with van der Waals surface area (Å²) < 4.78 is 20.9. The van der Waals surface area contributed by atoms with Crippen LogP contribution >= 0.6 is 0 Å². The number of hydrogen-bond donors (Lipinski definition) is 1. The Morgan fingerprint density at radius 1 is 1.19 bits per heavy atom. The molecule has 0 radical (unpaired) electrons. The maximum atomic E-state index is 13.1. The number of aliphatic carboxylic acids is 1. The highest BCUT2D eigenvalue weighted by molar-refractivity contribution is 5.93.